The second-order valence-electron chi connectivity index (χ2n) is 6.09. The lowest BCUT2D eigenvalue weighted by Gasteiger charge is -2.18. The predicted molar refractivity (Wildman–Crippen MR) is 91.2 cm³/mol. The Balaban J connectivity index is 1.97. The van der Waals surface area contributed by atoms with Crippen molar-refractivity contribution in [3.63, 3.8) is 0 Å². The molecule has 6 nitrogen and oxygen atoms in total. The Morgan fingerprint density at radius 2 is 2.26 bits per heavy atom. The molecular formula is C17H26N4O2. The van der Waals surface area contributed by atoms with Gasteiger partial charge in [0, 0.05) is 19.3 Å². The van der Waals surface area contributed by atoms with E-state index in [4.69, 9.17) is 0 Å². The first-order chi connectivity index (χ1) is 11.0. The first-order valence-corrected chi connectivity index (χ1v) is 8.26. The van der Waals surface area contributed by atoms with Crippen LogP contribution in [-0.2, 0) is 0 Å². The summed E-state index contributed by atoms with van der Waals surface area (Å²) in [5.74, 6) is 1.14. The Hall–Kier alpha value is -2.11. The number of rotatable bonds is 5. The van der Waals surface area contributed by atoms with Crippen LogP contribution in [-0.4, -0.2) is 47.8 Å². The Labute approximate surface area is 137 Å². The van der Waals surface area contributed by atoms with Crippen molar-refractivity contribution in [2.75, 3.05) is 20.1 Å². The minimum Gasteiger partial charge on any atom is -0.338 e. The topological polar surface area (TPSA) is 65.0 Å². The van der Waals surface area contributed by atoms with Crippen LogP contribution in [0.5, 0.6) is 0 Å². The fraction of sp³-hybridized carbons (Fsp3) is 0.588. The van der Waals surface area contributed by atoms with Crippen LogP contribution in [0, 0.1) is 5.92 Å². The number of aliphatic imine (C=N–C) groups is 1. The minimum absolute atomic E-state index is 0.334. The molecule has 2 aliphatic rings. The second kappa shape index (κ2) is 7.94. The molecule has 1 aliphatic carbocycles. The Morgan fingerprint density at radius 1 is 1.48 bits per heavy atom. The molecule has 1 fully saturated rings. The van der Waals surface area contributed by atoms with E-state index in [2.05, 4.69) is 29.0 Å². The molecule has 0 aromatic rings. The zero-order valence-electron chi connectivity index (χ0n) is 14.0. The number of likely N-dealkylation sites (N-methyl/N-ethyl adjacent to an activating group) is 1. The van der Waals surface area contributed by atoms with Gasteiger partial charge in [0.15, 0.2) is 0 Å². The highest BCUT2D eigenvalue weighted by Crippen LogP contribution is 2.25. The lowest BCUT2D eigenvalue weighted by atomic mass is 9.90. The number of amidine groups is 1. The fourth-order valence-corrected chi connectivity index (χ4v) is 2.88. The number of hydrogen-bond donors (Lipinski definition) is 1. The van der Waals surface area contributed by atoms with Crippen LogP contribution in [0.15, 0.2) is 29.4 Å². The van der Waals surface area contributed by atoms with Crippen LogP contribution in [0.4, 0.5) is 9.59 Å². The van der Waals surface area contributed by atoms with Gasteiger partial charge in [-0.25, -0.2) is 14.6 Å². The number of urea groups is 2. The van der Waals surface area contributed by atoms with E-state index < -0.39 is 6.03 Å². The van der Waals surface area contributed by atoms with E-state index in [0.29, 0.717) is 24.8 Å². The molecule has 1 atom stereocenters. The van der Waals surface area contributed by atoms with Crippen molar-refractivity contribution in [2.45, 2.75) is 39.0 Å². The normalized spacial score (nSPS) is 22.8. The molecule has 0 saturated carbocycles. The summed E-state index contributed by atoms with van der Waals surface area (Å²) < 4.78 is 0. The van der Waals surface area contributed by atoms with Gasteiger partial charge in [0.05, 0.1) is 6.54 Å². The number of nitrogens with zero attached hydrogens (tertiary/aromatic N) is 3. The number of nitrogens with one attached hydrogen (secondary N) is 1. The molecule has 6 heteroatoms. The van der Waals surface area contributed by atoms with E-state index >= 15 is 0 Å². The van der Waals surface area contributed by atoms with E-state index in [9.17, 15) is 9.59 Å². The molecule has 0 spiro atoms. The van der Waals surface area contributed by atoms with E-state index in [1.807, 2.05) is 6.92 Å². The summed E-state index contributed by atoms with van der Waals surface area (Å²) in [5.41, 5.74) is 0.729. The Morgan fingerprint density at radius 3 is 2.91 bits per heavy atom. The van der Waals surface area contributed by atoms with Crippen LogP contribution in [0.1, 0.15) is 39.0 Å². The van der Waals surface area contributed by atoms with Crippen molar-refractivity contribution in [1.29, 1.82) is 0 Å². The van der Waals surface area contributed by atoms with E-state index in [1.54, 1.807) is 7.05 Å². The molecule has 4 amide bonds. The van der Waals surface area contributed by atoms with Gasteiger partial charge in [-0.15, -0.1) is 0 Å². The quantitative estimate of drug-likeness (QED) is 0.791. The van der Waals surface area contributed by atoms with Gasteiger partial charge in [-0.2, -0.15) is 4.90 Å². The fourth-order valence-electron chi connectivity index (χ4n) is 2.88. The van der Waals surface area contributed by atoms with Crippen molar-refractivity contribution in [3.05, 3.63) is 24.4 Å². The summed E-state index contributed by atoms with van der Waals surface area (Å²) in [6, 6.07) is -0.772. The largest absolute Gasteiger partial charge is 0.338 e. The molecule has 1 unspecified atom stereocenters. The van der Waals surface area contributed by atoms with Gasteiger partial charge >= 0.3 is 12.1 Å². The number of allylic oxidation sites excluding steroid dienone is 3. The highest BCUT2D eigenvalue weighted by molar-refractivity contribution is 6.16. The minimum atomic E-state index is -0.425. The van der Waals surface area contributed by atoms with E-state index in [0.717, 1.165) is 36.3 Å². The lowest BCUT2D eigenvalue weighted by molar-refractivity contribution is 0.196. The molecule has 0 radical (unpaired) electrons. The molecule has 1 N–H and O–H groups in total. The highest BCUT2D eigenvalue weighted by atomic mass is 16.2. The first-order valence-electron chi connectivity index (χ1n) is 8.26. The smallest absolute Gasteiger partial charge is 0.334 e. The standard InChI is InChI=1S/C17H26N4O2/c1-4-18-16(22)21-15(12-20(3)17(21)23)19-13(2)10-11-14-8-6-5-7-9-14/h5-6,14H,2,4,7-12H2,1,3H3,(H,18,22)/b19-15+. The summed E-state index contributed by atoms with van der Waals surface area (Å²) in [5, 5.41) is 2.65. The third kappa shape index (κ3) is 4.43. The molecule has 2 rings (SSSR count). The number of amides is 4. The van der Waals surface area contributed by atoms with Gasteiger partial charge in [0.2, 0.25) is 0 Å². The van der Waals surface area contributed by atoms with E-state index in [1.165, 1.54) is 11.3 Å². The first kappa shape index (κ1) is 17.2. The lowest BCUT2D eigenvalue weighted by Crippen LogP contribution is -2.44. The van der Waals surface area contributed by atoms with E-state index in [-0.39, 0.29) is 6.03 Å². The van der Waals surface area contributed by atoms with Gasteiger partial charge < -0.3 is 10.2 Å². The molecule has 0 aromatic heterocycles. The number of carbonyl (C=O) groups excluding carboxylic acids is 2. The van der Waals surface area contributed by atoms with Gasteiger partial charge in [-0.05, 0) is 44.9 Å². The molecule has 126 valence electrons. The summed E-state index contributed by atoms with van der Waals surface area (Å²) in [7, 11) is 1.66. The van der Waals surface area contributed by atoms with Crippen molar-refractivity contribution < 1.29 is 9.59 Å². The third-order valence-corrected chi connectivity index (χ3v) is 4.19. The molecule has 1 aliphatic heterocycles. The number of carbonyl (C=O) groups is 2. The summed E-state index contributed by atoms with van der Waals surface area (Å²) in [6.07, 6.45) is 9.80. The number of imide groups is 1. The van der Waals surface area contributed by atoms with Crippen LogP contribution in [0.25, 0.3) is 0 Å². The van der Waals surface area contributed by atoms with Crippen molar-refractivity contribution >= 4 is 17.9 Å². The maximum absolute atomic E-state index is 12.1. The average molecular weight is 318 g/mol. The predicted octanol–water partition coefficient (Wildman–Crippen LogP) is 3.13. The van der Waals surface area contributed by atoms with Crippen molar-refractivity contribution in [1.82, 2.24) is 15.1 Å². The van der Waals surface area contributed by atoms with Gasteiger partial charge in [-0.1, -0.05) is 18.7 Å². The summed E-state index contributed by atoms with van der Waals surface area (Å²) in [4.78, 5) is 31.2. The Bertz CT molecular complexity index is 539. The summed E-state index contributed by atoms with van der Waals surface area (Å²) in [6.45, 7) is 6.62. The monoisotopic (exact) mass is 318 g/mol. The molecule has 0 bridgehead atoms. The van der Waals surface area contributed by atoms with Crippen molar-refractivity contribution in [2.24, 2.45) is 10.9 Å². The van der Waals surface area contributed by atoms with Gasteiger partial charge in [-0.3, -0.25) is 0 Å². The average Bonchev–Trinajstić information content (AvgIpc) is 2.81. The SMILES string of the molecule is C=C(CCC1CC=CCC1)/N=C1\CN(C)C(=O)N1C(=O)NCC. The van der Waals surface area contributed by atoms with Crippen LogP contribution < -0.4 is 5.32 Å². The maximum Gasteiger partial charge on any atom is 0.334 e. The molecule has 1 saturated heterocycles. The number of hydrogen-bond acceptors (Lipinski definition) is 3. The maximum atomic E-state index is 12.1. The zero-order chi connectivity index (χ0) is 16.8. The van der Waals surface area contributed by atoms with Gasteiger partial charge in [0.25, 0.3) is 0 Å². The molecule has 0 aromatic carbocycles. The zero-order valence-corrected chi connectivity index (χ0v) is 14.0. The molecule has 23 heavy (non-hydrogen) atoms. The molecule has 1 heterocycles. The molecular weight excluding hydrogens is 292 g/mol. The van der Waals surface area contributed by atoms with Crippen LogP contribution >= 0.6 is 0 Å². The van der Waals surface area contributed by atoms with Crippen LogP contribution in [0.2, 0.25) is 0 Å². The third-order valence-electron chi connectivity index (χ3n) is 4.19. The second-order valence-corrected chi connectivity index (χ2v) is 6.09. The Kier molecular flexibility index (Phi) is 5.96. The van der Waals surface area contributed by atoms with Gasteiger partial charge in [0.1, 0.15) is 5.84 Å². The van der Waals surface area contributed by atoms with Crippen molar-refractivity contribution in [3.8, 4) is 0 Å². The highest BCUT2D eigenvalue weighted by Gasteiger charge is 2.36. The summed E-state index contributed by atoms with van der Waals surface area (Å²) >= 11 is 0. The van der Waals surface area contributed by atoms with Crippen LogP contribution in [0.3, 0.4) is 0 Å².